The maximum absolute atomic E-state index is 5.75. The molecule has 0 spiro atoms. The highest BCUT2D eigenvalue weighted by Gasteiger charge is 2.42. The van der Waals surface area contributed by atoms with Crippen molar-refractivity contribution >= 4 is 0 Å². The Bertz CT molecular complexity index is 590. The average Bonchev–Trinajstić information content (AvgIpc) is 3.22. The lowest BCUT2D eigenvalue weighted by molar-refractivity contribution is 0.202. The third kappa shape index (κ3) is 2.59. The lowest BCUT2D eigenvalue weighted by Crippen LogP contribution is -2.35. The minimum absolute atomic E-state index is 0.682. The van der Waals surface area contributed by atoms with Crippen molar-refractivity contribution in [2.75, 3.05) is 13.1 Å². The largest absolute Gasteiger partial charge is 0.465 e. The maximum Gasteiger partial charge on any atom is 0.118 e. The average molecular weight is 300 g/mol. The Balaban J connectivity index is 1.40. The smallest absolute Gasteiger partial charge is 0.118 e. The summed E-state index contributed by atoms with van der Waals surface area (Å²) in [5.41, 5.74) is 1.32. The fourth-order valence-electron chi connectivity index (χ4n) is 4.12. The lowest BCUT2D eigenvalue weighted by atomic mass is 10.1. The van der Waals surface area contributed by atoms with Gasteiger partial charge in [0.05, 0.1) is 12.7 Å². The van der Waals surface area contributed by atoms with E-state index in [1.54, 1.807) is 0 Å². The quantitative estimate of drug-likeness (QED) is 0.867. The molecule has 2 aliphatic rings. The molecule has 4 rings (SSSR count). The number of hydrogen-bond acceptors (Lipinski definition) is 4. The Hall–Kier alpha value is -1.59. The molecule has 0 unspecified atom stereocenters. The molecule has 2 aromatic heterocycles. The molecule has 0 radical (unpaired) electrons. The molecule has 2 aromatic rings. The molecule has 2 fully saturated rings. The molecule has 0 saturated carbocycles. The lowest BCUT2D eigenvalue weighted by Gasteiger charge is -2.24. The van der Waals surface area contributed by atoms with Crippen LogP contribution in [0.15, 0.2) is 28.9 Å². The molecule has 0 bridgehead atoms. The van der Waals surface area contributed by atoms with Gasteiger partial charge in [-0.15, -0.1) is 0 Å². The number of aryl methyl sites for hydroxylation is 2. The molecule has 5 nitrogen and oxygen atoms in total. The molecular formula is C17H24N4O. The second-order valence-electron chi connectivity index (χ2n) is 6.69. The zero-order chi connectivity index (χ0) is 15.1. The summed E-state index contributed by atoms with van der Waals surface area (Å²) >= 11 is 0. The zero-order valence-corrected chi connectivity index (χ0v) is 13.4. The van der Waals surface area contributed by atoms with Crippen molar-refractivity contribution in [3.63, 3.8) is 0 Å². The molecule has 0 aromatic carbocycles. The third-order valence-corrected chi connectivity index (χ3v) is 5.11. The van der Waals surface area contributed by atoms with E-state index in [1.165, 1.54) is 31.5 Å². The van der Waals surface area contributed by atoms with E-state index in [1.807, 2.05) is 24.9 Å². The molecule has 118 valence electrons. The molecular weight excluding hydrogens is 276 g/mol. The van der Waals surface area contributed by atoms with Gasteiger partial charge in [0, 0.05) is 50.5 Å². The van der Waals surface area contributed by atoms with Gasteiger partial charge in [0.15, 0.2) is 0 Å². The first-order valence-electron chi connectivity index (χ1n) is 8.20. The highest BCUT2D eigenvalue weighted by atomic mass is 16.3. The van der Waals surface area contributed by atoms with Gasteiger partial charge < -0.3 is 4.42 Å². The van der Waals surface area contributed by atoms with Crippen LogP contribution in [0.2, 0.25) is 0 Å². The van der Waals surface area contributed by atoms with Gasteiger partial charge >= 0.3 is 0 Å². The minimum Gasteiger partial charge on any atom is -0.465 e. The van der Waals surface area contributed by atoms with Crippen LogP contribution in [0, 0.1) is 6.92 Å². The Morgan fingerprint density at radius 1 is 1.14 bits per heavy atom. The molecule has 2 aliphatic heterocycles. The summed E-state index contributed by atoms with van der Waals surface area (Å²) in [6.07, 6.45) is 6.66. The van der Waals surface area contributed by atoms with Crippen LogP contribution in [0.4, 0.5) is 0 Å². The number of nitrogens with zero attached hydrogens (tertiary/aromatic N) is 4. The third-order valence-electron chi connectivity index (χ3n) is 5.11. The van der Waals surface area contributed by atoms with Crippen molar-refractivity contribution in [3.05, 3.63) is 41.6 Å². The Morgan fingerprint density at radius 2 is 1.86 bits per heavy atom. The predicted molar refractivity (Wildman–Crippen MR) is 84.3 cm³/mol. The van der Waals surface area contributed by atoms with Gasteiger partial charge in [-0.1, -0.05) is 0 Å². The summed E-state index contributed by atoms with van der Waals surface area (Å²) in [6, 6.07) is 5.55. The second kappa shape index (κ2) is 5.56. The van der Waals surface area contributed by atoms with Gasteiger partial charge in [-0.2, -0.15) is 5.10 Å². The van der Waals surface area contributed by atoms with Crippen LogP contribution in [0.25, 0.3) is 0 Å². The number of fused-ring (bicyclic) bond motifs is 1. The fraction of sp³-hybridized carbons (Fsp3) is 0.588. The van der Waals surface area contributed by atoms with E-state index in [0.717, 1.165) is 24.6 Å². The topological polar surface area (TPSA) is 37.4 Å². The van der Waals surface area contributed by atoms with Crippen LogP contribution in [-0.2, 0) is 20.1 Å². The highest BCUT2D eigenvalue weighted by molar-refractivity contribution is 5.09. The van der Waals surface area contributed by atoms with Crippen molar-refractivity contribution in [1.82, 2.24) is 19.6 Å². The molecule has 2 atom stereocenters. The number of likely N-dealkylation sites (tertiary alicyclic amines) is 2. The number of rotatable bonds is 4. The molecule has 0 N–H and O–H groups in total. The molecule has 2 saturated heterocycles. The summed E-state index contributed by atoms with van der Waals surface area (Å²) in [5, 5.41) is 4.28. The molecule has 5 heteroatoms. The summed E-state index contributed by atoms with van der Waals surface area (Å²) in [6.45, 7) is 6.37. The van der Waals surface area contributed by atoms with Gasteiger partial charge in [-0.3, -0.25) is 14.5 Å². The monoisotopic (exact) mass is 300 g/mol. The van der Waals surface area contributed by atoms with Gasteiger partial charge in [0.1, 0.15) is 11.5 Å². The van der Waals surface area contributed by atoms with Crippen LogP contribution in [0.3, 0.4) is 0 Å². The van der Waals surface area contributed by atoms with Crippen molar-refractivity contribution in [1.29, 1.82) is 0 Å². The number of aromatic nitrogens is 2. The number of furan rings is 1. The Kier molecular flexibility index (Phi) is 3.54. The first kappa shape index (κ1) is 14.0. The summed E-state index contributed by atoms with van der Waals surface area (Å²) in [7, 11) is 1.99. The fourth-order valence-corrected chi connectivity index (χ4v) is 4.12. The zero-order valence-electron chi connectivity index (χ0n) is 13.4. The molecule has 0 amide bonds. The van der Waals surface area contributed by atoms with E-state index >= 15 is 0 Å². The minimum atomic E-state index is 0.682. The van der Waals surface area contributed by atoms with Crippen molar-refractivity contribution in [3.8, 4) is 0 Å². The van der Waals surface area contributed by atoms with E-state index in [4.69, 9.17) is 4.42 Å². The van der Waals surface area contributed by atoms with Crippen LogP contribution in [0.1, 0.15) is 29.9 Å². The Labute approximate surface area is 131 Å². The van der Waals surface area contributed by atoms with Gasteiger partial charge in [0.2, 0.25) is 0 Å². The van der Waals surface area contributed by atoms with Crippen LogP contribution in [-0.4, -0.2) is 44.8 Å². The first-order valence-corrected chi connectivity index (χ1v) is 8.20. The van der Waals surface area contributed by atoms with Gasteiger partial charge in [-0.05, 0) is 31.9 Å². The normalized spacial score (nSPS) is 25.9. The van der Waals surface area contributed by atoms with Gasteiger partial charge in [-0.25, -0.2) is 0 Å². The van der Waals surface area contributed by atoms with E-state index < -0.39 is 0 Å². The van der Waals surface area contributed by atoms with Crippen LogP contribution >= 0.6 is 0 Å². The van der Waals surface area contributed by atoms with Crippen molar-refractivity contribution < 1.29 is 4.42 Å². The highest BCUT2D eigenvalue weighted by Crippen LogP contribution is 2.33. The van der Waals surface area contributed by atoms with Crippen molar-refractivity contribution in [2.24, 2.45) is 7.05 Å². The van der Waals surface area contributed by atoms with E-state index in [2.05, 4.69) is 33.2 Å². The van der Waals surface area contributed by atoms with E-state index in [-0.39, 0.29) is 0 Å². The van der Waals surface area contributed by atoms with E-state index in [0.29, 0.717) is 12.1 Å². The maximum atomic E-state index is 5.75. The first-order chi connectivity index (χ1) is 10.7. The molecule has 0 aliphatic carbocycles. The summed E-state index contributed by atoms with van der Waals surface area (Å²) < 4.78 is 7.64. The predicted octanol–water partition coefficient (Wildman–Crippen LogP) is 2.17. The number of hydrogen-bond donors (Lipinski definition) is 0. The van der Waals surface area contributed by atoms with Crippen molar-refractivity contribution in [2.45, 2.75) is 44.9 Å². The van der Waals surface area contributed by atoms with Gasteiger partial charge in [0.25, 0.3) is 0 Å². The second-order valence-corrected chi connectivity index (χ2v) is 6.69. The summed E-state index contributed by atoms with van der Waals surface area (Å²) in [5.74, 6) is 2.11. The SMILES string of the molecule is Cc1ccc(CN2CC[C@H]3[C@H]2CCN3Cc2cnn(C)c2)o1. The Morgan fingerprint density at radius 3 is 2.45 bits per heavy atom. The molecule has 4 heterocycles. The van der Waals surface area contributed by atoms with Crippen LogP contribution < -0.4 is 0 Å². The van der Waals surface area contributed by atoms with Crippen LogP contribution in [0.5, 0.6) is 0 Å². The standard InChI is InChI=1S/C17H24N4O/c1-13-3-4-15(22-13)12-21-8-6-16-17(21)5-7-20(16)11-14-9-18-19(2)10-14/h3-4,9-10,16-17H,5-8,11-12H2,1-2H3/t16-,17+/m0/s1. The molecule has 22 heavy (non-hydrogen) atoms. The van der Waals surface area contributed by atoms with E-state index in [9.17, 15) is 0 Å². The summed E-state index contributed by atoms with van der Waals surface area (Å²) in [4.78, 5) is 5.24.